The third-order valence-electron chi connectivity index (χ3n) is 1.76. The third kappa shape index (κ3) is 4.52. The number of ether oxygens (including phenoxy) is 2. The Morgan fingerprint density at radius 1 is 1.17 bits per heavy atom. The molecule has 0 saturated heterocycles. The van der Waals surface area contributed by atoms with Crippen molar-refractivity contribution in [2.75, 3.05) is 19.8 Å². The Hall–Kier alpha value is -1.92. The van der Waals surface area contributed by atoms with E-state index < -0.39 is 6.35 Å². The fourth-order valence-electron chi connectivity index (χ4n) is 1.06. The molecular formula is C12H17N3O3. The highest BCUT2D eigenvalue weighted by Crippen LogP contribution is 2.09. The van der Waals surface area contributed by atoms with Crippen LogP contribution in [-0.2, 0) is 14.3 Å². The van der Waals surface area contributed by atoms with E-state index in [9.17, 15) is 0 Å². The zero-order valence-corrected chi connectivity index (χ0v) is 10.2. The van der Waals surface area contributed by atoms with Gasteiger partial charge >= 0.3 is 6.02 Å². The summed E-state index contributed by atoms with van der Waals surface area (Å²) in [6.07, 6.45) is 5.64. The van der Waals surface area contributed by atoms with Crippen molar-refractivity contribution in [3.8, 4) is 0 Å². The molecule has 1 rings (SSSR count). The van der Waals surface area contributed by atoms with Crippen LogP contribution in [0.15, 0.2) is 47.9 Å². The monoisotopic (exact) mass is 251 g/mol. The maximum Gasteiger partial charge on any atom is 0.317 e. The van der Waals surface area contributed by atoms with Gasteiger partial charge in [-0.2, -0.15) is 15.0 Å². The molecule has 6 heteroatoms. The molecule has 0 bridgehead atoms. The minimum atomic E-state index is -0.653. The summed E-state index contributed by atoms with van der Waals surface area (Å²) in [6.45, 7) is 11.7. The number of amidine groups is 1. The molecule has 0 saturated carbocycles. The van der Waals surface area contributed by atoms with Crippen LogP contribution < -0.4 is 0 Å². The quantitative estimate of drug-likeness (QED) is 0.613. The van der Waals surface area contributed by atoms with Gasteiger partial charge in [-0.1, -0.05) is 24.8 Å². The van der Waals surface area contributed by atoms with Crippen LogP contribution in [0, 0.1) is 0 Å². The fraction of sp³-hybridized carbons (Fsp3) is 0.333. The molecule has 1 heterocycles. The molecule has 1 unspecified atom stereocenters. The summed E-state index contributed by atoms with van der Waals surface area (Å²) in [6, 6.07) is 0.224. The van der Waals surface area contributed by atoms with Crippen molar-refractivity contribution < 1.29 is 14.3 Å². The van der Waals surface area contributed by atoms with Crippen molar-refractivity contribution >= 4 is 12.4 Å². The van der Waals surface area contributed by atoms with Crippen LogP contribution in [0.1, 0.15) is 0 Å². The van der Waals surface area contributed by atoms with Crippen LogP contribution >= 0.6 is 0 Å². The third-order valence-corrected chi connectivity index (χ3v) is 1.76. The van der Waals surface area contributed by atoms with E-state index in [0.717, 1.165) is 0 Å². The standard InChI is InChI=1S/C12H17N3O3/c1-4-7-16-11-13-10-15(18-9-6-3)12(14-11)17-8-5-2/h4-6,10,12H,1-3,7-9H2. The molecule has 0 aromatic heterocycles. The summed E-state index contributed by atoms with van der Waals surface area (Å²) < 4.78 is 10.6. The lowest BCUT2D eigenvalue weighted by Gasteiger charge is -2.27. The zero-order chi connectivity index (χ0) is 13.2. The predicted molar refractivity (Wildman–Crippen MR) is 70.0 cm³/mol. The normalized spacial score (nSPS) is 18.1. The molecule has 18 heavy (non-hydrogen) atoms. The second-order valence-corrected chi connectivity index (χ2v) is 3.15. The number of nitrogens with zero attached hydrogens (tertiary/aromatic N) is 3. The van der Waals surface area contributed by atoms with E-state index >= 15 is 0 Å². The SMILES string of the molecule is C=CCOC1=NC(OCC=C)N(OCC=C)C=N1. The molecule has 1 atom stereocenters. The van der Waals surface area contributed by atoms with Crippen molar-refractivity contribution in [3.63, 3.8) is 0 Å². The maximum atomic E-state index is 5.42. The van der Waals surface area contributed by atoms with Crippen LogP contribution in [-0.4, -0.2) is 43.6 Å². The van der Waals surface area contributed by atoms with E-state index in [1.807, 2.05) is 0 Å². The molecule has 0 aromatic carbocycles. The Labute approximate surface area is 107 Å². The van der Waals surface area contributed by atoms with E-state index in [1.165, 1.54) is 11.4 Å². The minimum Gasteiger partial charge on any atom is -0.459 e. The van der Waals surface area contributed by atoms with Gasteiger partial charge < -0.3 is 9.47 Å². The van der Waals surface area contributed by atoms with Gasteiger partial charge in [0.2, 0.25) is 0 Å². The molecule has 0 radical (unpaired) electrons. The summed E-state index contributed by atoms with van der Waals surface area (Å²) in [7, 11) is 0. The van der Waals surface area contributed by atoms with Crippen LogP contribution in [0.3, 0.4) is 0 Å². The maximum absolute atomic E-state index is 5.42. The minimum absolute atomic E-state index is 0.224. The topological polar surface area (TPSA) is 55.7 Å². The molecule has 0 amide bonds. The lowest BCUT2D eigenvalue weighted by Crippen LogP contribution is -2.39. The number of hydroxylamine groups is 2. The molecule has 98 valence electrons. The Kier molecular flexibility index (Phi) is 6.45. The second kappa shape index (κ2) is 8.21. The van der Waals surface area contributed by atoms with E-state index in [2.05, 4.69) is 29.7 Å². The van der Waals surface area contributed by atoms with Crippen molar-refractivity contribution in [1.29, 1.82) is 0 Å². The number of aliphatic imine (C=N–C) groups is 2. The first kappa shape index (κ1) is 14.1. The van der Waals surface area contributed by atoms with Gasteiger partial charge in [-0.25, -0.2) is 0 Å². The van der Waals surface area contributed by atoms with Gasteiger partial charge in [0.05, 0.1) is 13.2 Å². The average Bonchev–Trinajstić information content (AvgIpc) is 2.41. The summed E-state index contributed by atoms with van der Waals surface area (Å²) >= 11 is 0. The van der Waals surface area contributed by atoms with Crippen LogP contribution in [0.4, 0.5) is 0 Å². The number of hydrogen-bond acceptors (Lipinski definition) is 6. The molecule has 1 aliphatic heterocycles. The highest BCUT2D eigenvalue weighted by atomic mass is 16.7. The average molecular weight is 251 g/mol. The first-order valence-electron chi connectivity index (χ1n) is 5.42. The molecule has 6 nitrogen and oxygen atoms in total. The Balaban J connectivity index is 2.62. The summed E-state index contributed by atoms with van der Waals surface area (Å²) in [5, 5.41) is 1.38. The van der Waals surface area contributed by atoms with Crippen LogP contribution in [0.25, 0.3) is 0 Å². The van der Waals surface area contributed by atoms with Gasteiger partial charge in [-0.15, -0.1) is 13.2 Å². The van der Waals surface area contributed by atoms with Crippen molar-refractivity contribution in [2.24, 2.45) is 9.98 Å². The predicted octanol–water partition coefficient (Wildman–Crippen LogP) is 1.49. The van der Waals surface area contributed by atoms with Gasteiger partial charge in [0.1, 0.15) is 12.9 Å². The lowest BCUT2D eigenvalue weighted by atomic mass is 10.7. The van der Waals surface area contributed by atoms with Crippen molar-refractivity contribution in [2.45, 2.75) is 6.35 Å². The number of rotatable bonds is 8. The van der Waals surface area contributed by atoms with E-state index in [1.54, 1.807) is 18.2 Å². The highest BCUT2D eigenvalue weighted by molar-refractivity contribution is 5.84. The largest absolute Gasteiger partial charge is 0.459 e. The molecule has 0 aliphatic carbocycles. The molecule has 0 aromatic rings. The molecule has 0 fully saturated rings. The molecule has 1 aliphatic rings. The van der Waals surface area contributed by atoms with Gasteiger partial charge in [0.15, 0.2) is 0 Å². The summed E-state index contributed by atoms with van der Waals surface area (Å²) in [4.78, 5) is 13.4. The van der Waals surface area contributed by atoms with Gasteiger partial charge in [-0.3, -0.25) is 4.84 Å². The lowest BCUT2D eigenvalue weighted by molar-refractivity contribution is -0.189. The molecular weight excluding hydrogens is 234 g/mol. The molecule has 0 spiro atoms. The van der Waals surface area contributed by atoms with Crippen molar-refractivity contribution in [1.82, 2.24) is 5.06 Å². The van der Waals surface area contributed by atoms with E-state index in [0.29, 0.717) is 19.8 Å². The molecule has 0 N–H and O–H groups in total. The van der Waals surface area contributed by atoms with Crippen LogP contribution in [0.2, 0.25) is 0 Å². The highest BCUT2D eigenvalue weighted by Gasteiger charge is 2.21. The van der Waals surface area contributed by atoms with E-state index in [-0.39, 0.29) is 6.02 Å². The smallest absolute Gasteiger partial charge is 0.317 e. The Morgan fingerprint density at radius 3 is 2.56 bits per heavy atom. The summed E-state index contributed by atoms with van der Waals surface area (Å²) in [5.74, 6) is 0. The Morgan fingerprint density at radius 2 is 1.89 bits per heavy atom. The Bertz CT molecular complexity index is 352. The van der Waals surface area contributed by atoms with Gasteiger partial charge in [0.25, 0.3) is 6.35 Å². The fourth-order valence-corrected chi connectivity index (χ4v) is 1.06. The van der Waals surface area contributed by atoms with Gasteiger partial charge in [-0.05, 0) is 0 Å². The van der Waals surface area contributed by atoms with Crippen LogP contribution in [0.5, 0.6) is 0 Å². The van der Waals surface area contributed by atoms with Crippen molar-refractivity contribution in [3.05, 3.63) is 38.0 Å². The number of hydrogen-bond donors (Lipinski definition) is 0. The summed E-state index contributed by atoms with van der Waals surface area (Å²) in [5.41, 5.74) is 0. The zero-order valence-electron chi connectivity index (χ0n) is 10.2. The first-order chi connectivity index (χ1) is 8.81. The first-order valence-corrected chi connectivity index (χ1v) is 5.42. The second-order valence-electron chi connectivity index (χ2n) is 3.15. The van der Waals surface area contributed by atoms with Gasteiger partial charge in [0, 0.05) is 0 Å². The van der Waals surface area contributed by atoms with E-state index in [4.69, 9.17) is 14.3 Å².